The van der Waals surface area contributed by atoms with Crippen molar-refractivity contribution in [1.29, 1.82) is 0 Å². The van der Waals surface area contributed by atoms with Gasteiger partial charge < -0.3 is 10.2 Å². The minimum absolute atomic E-state index is 0.0669. The van der Waals surface area contributed by atoms with Gasteiger partial charge in [0, 0.05) is 17.4 Å². The standard InChI is InChI=1S/C20H19FN4OS2/c1-12-10-14-6-3-4-9-17(14)25(12)18(26)13(2)27-20-24-23-19(28-20)22-16-8-5-7-15(21)11-16/h3-9,11-13H,10H2,1-2H3,(H,22,23)/t12-,13-/m0/s1. The van der Waals surface area contributed by atoms with Crippen molar-refractivity contribution in [2.75, 3.05) is 10.2 Å². The lowest BCUT2D eigenvalue weighted by Gasteiger charge is -2.25. The summed E-state index contributed by atoms with van der Waals surface area (Å²) in [4.78, 5) is 15.0. The molecular formula is C20H19FN4OS2. The van der Waals surface area contributed by atoms with Crippen LogP contribution in [0.3, 0.4) is 0 Å². The van der Waals surface area contributed by atoms with E-state index < -0.39 is 0 Å². The molecule has 0 saturated heterocycles. The van der Waals surface area contributed by atoms with Crippen molar-refractivity contribution in [3.05, 3.63) is 59.9 Å². The summed E-state index contributed by atoms with van der Waals surface area (Å²) in [7, 11) is 0. The fourth-order valence-electron chi connectivity index (χ4n) is 3.30. The number of amides is 1. The van der Waals surface area contributed by atoms with Gasteiger partial charge in [-0.1, -0.05) is 47.4 Å². The first kappa shape index (κ1) is 18.9. The second-order valence-electron chi connectivity index (χ2n) is 6.66. The van der Waals surface area contributed by atoms with Gasteiger partial charge in [0.05, 0.1) is 5.25 Å². The zero-order valence-corrected chi connectivity index (χ0v) is 17.1. The number of fused-ring (bicyclic) bond motifs is 1. The zero-order valence-electron chi connectivity index (χ0n) is 15.4. The molecule has 2 heterocycles. The molecule has 0 bridgehead atoms. The summed E-state index contributed by atoms with van der Waals surface area (Å²) in [6.07, 6.45) is 0.875. The molecule has 0 radical (unpaired) electrons. The normalized spacial score (nSPS) is 16.7. The molecule has 4 rings (SSSR count). The average Bonchev–Trinajstić information content (AvgIpc) is 3.24. The Morgan fingerprint density at radius 1 is 1.29 bits per heavy atom. The lowest BCUT2D eigenvalue weighted by atomic mass is 10.1. The number of nitrogens with one attached hydrogen (secondary N) is 1. The first-order chi connectivity index (χ1) is 13.5. The van der Waals surface area contributed by atoms with E-state index in [1.54, 1.807) is 12.1 Å². The van der Waals surface area contributed by atoms with Crippen LogP contribution >= 0.6 is 23.1 Å². The molecular weight excluding hydrogens is 395 g/mol. The number of carbonyl (C=O) groups excluding carboxylic acids is 1. The van der Waals surface area contributed by atoms with Crippen molar-refractivity contribution in [3.63, 3.8) is 0 Å². The van der Waals surface area contributed by atoms with Crippen LogP contribution in [0.4, 0.5) is 20.9 Å². The van der Waals surface area contributed by atoms with Crippen LogP contribution in [-0.2, 0) is 11.2 Å². The maximum absolute atomic E-state index is 13.3. The molecule has 2 atom stereocenters. The van der Waals surface area contributed by atoms with Crippen molar-refractivity contribution < 1.29 is 9.18 Å². The van der Waals surface area contributed by atoms with Crippen LogP contribution < -0.4 is 10.2 Å². The first-order valence-electron chi connectivity index (χ1n) is 8.95. The van der Waals surface area contributed by atoms with E-state index >= 15 is 0 Å². The van der Waals surface area contributed by atoms with Crippen molar-refractivity contribution >= 4 is 45.5 Å². The summed E-state index contributed by atoms with van der Waals surface area (Å²) in [5.74, 6) is -0.249. The quantitative estimate of drug-likeness (QED) is 0.603. The molecule has 0 spiro atoms. The van der Waals surface area contributed by atoms with Crippen LogP contribution in [0, 0.1) is 5.82 Å². The van der Waals surface area contributed by atoms with E-state index in [4.69, 9.17) is 0 Å². The monoisotopic (exact) mass is 414 g/mol. The Morgan fingerprint density at radius 2 is 2.11 bits per heavy atom. The highest BCUT2D eigenvalue weighted by atomic mass is 32.2. The van der Waals surface area contributed by atoms with Gasteiger partial charge in [-0.05, 0) is 50.1 Å². The summed E-state index contributed by atoms with van der Waals surface area (Å²) < 4.78 is 14.0. The maximum atomic E-state index is 13.3. The Kier molecular flexibility index (Phi) is 5.32. The van der Waals surface area contributed by atoms with Crippen molar-refractivity contribution in [2.24, 2.45) is 0 Å². The number of benzene rings is 2. The Labute approximate surface area is 171 Å². The number of halogens is 1. The fourth-order valence-corrected chi connectivity index (χ4v) is 5.26. The largest absolute Gasteiger partial charge is 0.330 e. The topological polar surface area (TPSA) is 58.1 Å². The molecule has 1 amide bonds. The van der Waals surface area contributed by atoms with Crippen molar-refractivity contribution in [2.45, 2.75) is 35.9 Å². The van der Waals surface area contributed by atoms with Gasteiger partial charge in [-0.25, -0.2) is 4.39 Å². The van der Waals surface area contributed by atoms with Gasteiger partial charge in [0.2, 0.25) is 11.0 Å². The minimum Gasteiger partial charge on any atom is -0.330 e. The summed E-state index contributed by atoms with van der Waals surface area (Å²) >= 11 is 2.73. The van der Waals surface area contributed by atoms with E-state index in [0.717, 1.165) is 12.1 Å². The van der Waals surface area contributed by atoms with Gasteiger partial charge >= 0.3 is 0 Å². The van der Waals surface area contributed by atoms with Gasteiger partial charge in [-0.3, -0.25) is 4.79 Å². The van der Waals surface area contributed by atoms with E-state index in [9.17, 15) is 9.18 Å². The molecule has 0 saturated carbocycles. The second-order valence-corrected chi connectivity index (χ2v) is 9.22. The number of nitrogens with zero attached hydrogens (tertiary/aromatic N) is 3. The Balaban J connectivity index is 1.43. The van der Waals surface area contributed by atoms with Crippen molar-refractivity contribution in [3.8, 4) is 0 Å². The molecule has 28 heavy (non-hydrogen) atoms. The molecule has 1 aromatic heterocycles. The molecule has 1 aliphatic rings. The summed E-state index contributed by atoms with van der Waals surface area (Å²) in [5, 5.41) is 11.6. The highest BCUT2D eigenvalue weighted by Gasteiger charge is 2.33. The SMILES string of the molecule is C[C@H](Sc1nnc(Nc2cccc(F)c2)s1)C(=O)N1c2ccccc2C[C@@H]1C. The molecule has 0 aliphatic carbocycles. The molecule has 1 aliphatic heterocycles. The fraction of sp³-hybridized carbons (Fsp3) is 0.250. The number of rotatable bonds is 5. The van der Waals surface area contributed by atoms with E-state index in [0.29, 0.717) is 15.2 Å². The van der Waals surface area contributed by atoms with Crippen molar-refractivity contribution in [1.82, 2.24) is 10.2 Å². The first-order valence-corrected chi connectivity index (χ1v) is 10.6. The van der Waals surface area contributed by atoms with Gasteiger partial charge in [-0.2, -0.15) is 0 Å². The third-order valence-corrected chi connectivity index (χ3v) is 6.56. The molecule has 0 unspecified atom stereocenters. The average molecular weight is 415 g/mol. The summed E-state index contributed by atoms with van der Waals surface area (Å²) in [6, 6.07) is 14.4. The van der Waals surface area contributed by atoms with Gasteiger partial charge in [-0.15, -0.1) is 10.2 Å². The molecule has 1 N–H and O–H groups in total. The Hall–Kier alpha value is -2.45. The number of carbonyl (C=O) groups is 1. The summed E-state index contributed by atoms with van der Waals surface area (Å²) in [5.41, 5.74) is 2.82. The Morgan fingerprint density at radius 3 is 2.93 bits per heavy atom. The number of para-hydroxylation sites is 1. The smallest absolute Gasteiger partial charge is 0.240 e. The highest BCUT2D eigenvalue weighted by Crippen LogP contribution is 2.36. The molecule has 5 nitrogen and oxygen atoms in total. The molecule has 144 valence electrons. The predicted molar refractivity (Wildman–Crippen MR) is 112 cm³/mol. The van der Waals surface area contributed by atoms with Crippen LogP contribution in [0.1, 0.15) is 19.4 Å². The van der Waals surface area contributed by atoms with Crippen LogP contribution in [0.25, 0.3) is 0 Å². The van der Waals surface area contributed by atoms with Crippen LogP contribution in [0.5, 0.6) is 0 Å². The molecule has 0 fully saturated rings. The van der Waals surface area contributed by atoms with Crippen LogP contribution in [0.2, 0.25) is 0 Å². The van der Waals surface area contributed by atoms with E-state index in [1.807, 2.05) is 30.0 Å². The number of thioether (sulfide) groups is 1. The van der Waals surface area contributed by atoms with Gasteiger partial charge in [0.1, 0.15) is 5.82 Å². The van der Waals surface area contributed by atoms with Crippen LogP contribution in [-0.4, -0.2) is 27.4 Å². The predicted octanol–water partition coefficient (Wildman–Crippen LogP) is 4.88. The number of anilines is 3. The lowest BCUT2D eigenvalue weighted by Crippen LogP contribution is -2.40. The van der Waals surface area contributed by atoms with Crippen LogP contribution in [0.15, 0.2) is 52.9 Å². The third-order valence-electron chi connectivity index (χ3n) is 4.55. The second kappa shape index (κ2) is 7.89. The number of aromatic nitrogens is 2. The molecule has 3 aromatic rings. The molecule has 2 aromatic carbocycles. The maximum Gasteiger partial charge on any atom is 0.240 e. The van der Waals surface area contributed by atoms with Gasteiger partial charge in [0.25, 0.3) is 0 Å². The lowest BCUT2D eigenvalue weighted by molar-refractivity contribution is -0.118. The number of hydrogen-bond donors (Lipinski definition) is 1. The zero-order chi connectivity index (χ0) is 19.7. The van der Waals surface area contributed by atoms with E-state index in [1.165, 1.54) is 40.8 Å². The molecule has 8 heteroatoms. The highest BCUT2D eigenvalue weighted by molar-refractivity contribution is 8.02. The third kappa shape index (κ3) is 3.88. The van der Waals surface area contributed by atoms with E-state index in [2.05, 4.69) is 28.5 Å². The Bertz CT molecular complexity index is 1010. The minimum atomic E-state index is -0.316. The number of hydrogen-bond acceptors (Lipinski definition) is 6. The van der Waals surface area contributed by atoms with Gasteiger partial charge in [0.15, 0.2) is 4.34 Å². The van der Waals surface area contributed by atoms with E-state index in [-0.39, 0.29) is 23.0 Å². The summed E-state index contributed by atoms with van der Waals surface area (Å²) in [6.45, 7) is 3.96.